The van der Waals surface area contributed by atoms with Crippen molar-refractivity contribution < 1.29 is 90.5 Å². The molecule has 9 atom stereocenters. The van der Waals surface area contributed by atoms with Crippen molar-refractivity contribution >= 4 is 47.8 Å². The van der Waals surface area contributed by atoms with Crippen molar-refractivity contribution in [3.63, 3.8) is 0 Å². The van der Waals surface area contributed by atoms with Gasteiger partial charge in [-0.2, -0.15) is 0 Å². The topological polar surface area (TPSA) is 238 Å². The normalized spacial score (nSPS) is 21.1. The third kappa shape index (κ3) is 14.8. The first-order chi connectivity index (χ1) is 42.4. The Morgan fingerprint density at radius 3 is 0.931 bits per heavy atom. The summed E-state index contributed by atoms with van der Waals surface area (Å²) in [4.78, 5) is 115. The number of esters is 8. The molecule has 2 aliphatic heterocycles. The number of carbonyl (C=O) groups is 8. The number of benzene rings is 8. The van der Waals surface area contributed by atoms with Crippen molar-refractivity contribution in [1.29, 1.82) is 0 Å². The molecule has 8 aromatic carbocycles. The van der Waals surface area contributed by atoms with Crippen molar-refractivity contribution in [3.05, 3.63) is 287 Å². The summed E-state index contributed by atoms with van der Waals surface area (Å²) in [6, 6.07) is 61.6. The molecule has 2 heterocycles. The van der Waals surface area contributed by atoms with Gasteiger partial charge in [0.05, 0.1) is 44.5 Å². The first kappa shape index (κ1) is 59.6. The van der Waals surface area contributed by atoms with Crippen molar-refractivity contribution in [2.24, 2.45) is 0 Å². The van der Waals surface area contributed by atoms with Crippen molar-refractivity contribution in [3.8, 4) is 0 Å². The van der Waals surface area contributed by atoms with Crippen LogP contribution in [0.3, 0.4) is 0 Å². The third-order valence-electron chi connectivity index (χ3n) is 13.8. The Bertz CT molecular complexity index is 3640. The van der Waals surface area contributed by atoms with E-state index >= 15 is 0 Å². The lowest BCUT2D eigenvalue weighted by Crippen LogP contribution is -2.66. The maximum Gasteiger partial charge on any atom is 0.338 e. The average molecular weight is 1180 g/mol. The van der Waals surface area contributed by atoms with Gasteiger partial charge in [0.25, 0.3) is 0 Å². The van der Waals surface area contributed by atoms with E-state index in [1.54, 1.807) is 146 Å². The molecular weight excluding hydrogens is 1120 g/mol. The maximum absolute atomic E-state index is 14.7. The van der Waals surface area contributed by atoms with Crippen LogP contribution in [0.1, 0.15) is 82.9 Å². The summed E-state index contributed by atoms with van der Waals surface area (Å²) in [7, 11) is 0. The quantitative estimate of drug-likeness (QED) is 0.0480. The molecule has 10 rings (SSSR count). The molecule has 2 fully saturated rings. The molecule has 0 amide bonds. The fourth-order valence-electron chi connectivity index (χ4n) is 9.49. The van der Waals surface area contributed by atoms with Gasteiger partial charge in [-0.3, -0.25) is 0 Å². The zero-order valence-corrected chi connectivity index (χ0v) is 46.1. The van der Waals surface area contributed by atoms with Gasteiger partial charge in [-0.25, -0.2) is 38.4 Å². The molecule has 440 valence electrons. The highest BCUT2D eigenvalue weighted by Crippen LogP contribution is 2.43. The van der Waals surface area contributed by atoms with Crippen LogP contribution in [0.2, 0.25) is 0 Å². The number of hydrogen-bond donors (Lipinski definition) is 0. The largest absolute Gasteiger partial charge is 0.459 e. The van der Waals surface area contributed by atoms with Crippen LogP contribution in [0.4, 0.5) is 0 Å². The van der Waals surface area contributed by atoms with Gasteiger partial charge in [0.1, 0.15) is 32.0 Å². The molecular formula is C68H54O19. The van der Waals surface area contributed by atoms with E-state index in [-0.39, 0.29) is 44.5 Å². The zero-order valence-electron chi connectivity index (χ0n) is 46.1. The standard InChI is InChI=1S/C68H54O19/c69-59(44-25-9-1-10-26-44)77-41-52-54(81-62(72)47-31-15-4-16-32-47)56(83-64(74)49-35-19-6-20-36-49)57(84-65(75)50-37-21-7-22-38-50)67(80-52)87-68(43-79-61(71)46-29-13-3-14-30-46)58(85-66(76)51-39-23-8-24-40-51)55(82-63(73)48-33-17-5-18-34-48)53(86-68)42-78-60(70)45-27-11-2-12-28-45/h1-40,52-58,67H,41-43H2. The summed E-state index contributed by atoms with van der Waals surface area (Å²) in [5.74, 6) is -10.8. The Morgan fingerprint density at radius 1 is 0.299 bits per heavy atom. The second kappa shape index (κ2) is 28.3. The van der Waals surface area contributed by atoms with Crippen LogP contribution in [0, 0.1) is 0 Å². The molecule has 0 N–H and O–H groups in total. The number of carbonyl (C=O) groups excluding carboxylic acids is 8. The molecule has 0 aromatic heterocycles. The van der Waals surface area contributed by atoms with Crippen LogP contribution in [0.15, 0.2) is 243 Å². The zero-order chi connectivity index (χ0) is 60.5. The van der Waals surface area contributed by atoms with Crippen LogP contribution in [-0.4, -0.2) is 122 Å². The minimum atomic E-state index is -2.85. The molecule has 8 aromatic rings. The second-order valence-corrected chi connectivity index (χ2v) is 19.6. The van der Waals surface area contributed by atoms with Gasteiger partial charge in [-0.1, -0.05) is 146 Å². The minimum absolute atomic E-state index is 0.00940. The average Bonchev–Trinajstić information content (AvgIpc) is 1.83. The van der Waals surface area contributed by atoms with Crippen molar-refractivity contribution in [2.45, 2.75) is 54.8 Å². The van der Waals surface area contributed by atoms with E-state index in [1.165, 1.54) is 97.1 Å². The van der Waals surface area contributed by atoms with Gasteiger partial charge in [0.2, 0.25) is 12.1 Å². The summed E-state index contributed by atoms with van der Waals surface area (Å²) in [5, 5.41) is 0. The molecule has 2 saturated heterocycles. The van der Waals surface area contributed by atoms with E-state index in [1.807, 2.05) is 0 Å². The highest BCUT2D eigenvalue weighted by Gasteiger charge is 2.65. The Labute approximate surface area is 498 Å². The summed E-state index contributed by atoms with van der Waals surface area (Å²) >= 11 is 0. The highest BCUT2D eigenvalue weighted by molar-refractivity contribution is 5.93. The van der Waals surface area contributed by atoms with Gasteiger partial charge in [-0.15, -0.1) is 0 Å². The predicted molar refractivity (Wildman–Crippen MR) is 306 cm³/mol. The van der Waals surface area contributed by atoms with Gasteiger partial charge in [-0.05, 0) is 97.1 Å². The number of rotatable bonds is 21. The monoisotopic (exact) mass is 1170 g/mol. The van der Waals surface area contributed by atoms with Gasteiger partial charge in [0.15, 0.2) is 30.5 Å². The molecule has 9 unspecified atom stereocenters. The van der Waals surface area contributed by atoms with E-state index < -0.39 is 122 Å². The SMILES string of the molecule is O=C(OCC1OC(OC2(COC(=O)c3ccccc3)OC(COC(=O)c3ccccc3)C(OC(=O)c3ccccc3)C2OC(=O)c2ccccc2)C(OC(=O)c2ccccc2)C(OC(=O)c2ccccc2)C1OC(=O)c1ccccc1)c1ccccc1. The van der Waals surface area contributed by atoms with Crippen molar-refractivity contribution in [1.82, 2.24) is 0 Å². The Balaban J connectivity index is 1.16. The fraction of sp³-hybridized carbons (Fsp3) is 0.176. The molecule has 0 spiro atoms. The van der Waals surface area contributed by atoms with Crippen LogP contribution in [0.25, 0.3) is 0 Å². The molecule has 0 bridgehead atoms. The van der Waals surface area contributed by atoms with E-state index in [0.29, 0.717) is 0 Å². The molecule has 0 radical (unpaired) electrons. The fourth-order valence-corrected chi connectivity index (χ4v) is 9.49. The van der Waals surface area contributed by atoms with E-state index in [4.69, 9.17) is 52.1 Å². The Hall–Kier alpha value is -10.6. The van der Waals surface area contributed by atoms with Gasteiger partial charge < -0.3 is 52.1 Å². The van der Waals surface area contributed by atoms with Crippen molar-refractivity contribution in [2.75, 3.05) is 19.8 Å². The lowest BCUT2D eigenvalue weighted by Gasteiger charge is -2.46. The van der Waals surface area contributed by atoms with E-state index in [0.717, 1.165) is 0 Å². The lowest BCUT2D eigenvalue weighted by molar-refractivity contribution is -0.380. The smallest absolute Gasteiger partial charge is 0.338 e. The Kier molecular flexibility index (Phi) is 19.4. The second-order valence-electron chi connectivity index (χ2n) is 19.6. The van der Waals surface area contributed by atoms with E-state index in [9.17, 15) is 38.4 Å². The molecule has 19 heteroatoms. The number of ether oxygens (including phenoxy) is 11. The predicted octanol–water partition coefficient (Wildman–Crippen LogP) is 9.52. The molecule has 87 heavy (non-hydrogen) atoms. The summed E-state index contributed by atoms with van der Waals surface area (Å²) < 4.78 is 70.1. The minimum Gasteiger partial charge on any atom is -0.459 e. The first-order valence-corrected chi connectivity index (χ1v) is 27.4. The van der Waals surface area contributed by atoms with Gasteiger partial charge >= 0.3 is 47.8 Å². The third-order valence-corrected chi connectivity index (χ3v) is 13.8. The maximum atomic E-state index is 14.7. The molecule has 2 aliphatic rings. The lowest BCUT2D eigenvalue weighted by atomic mass is 9.97. The molecule has 0 saturated carbocycles. The van der Waals surface area contributed by atoms with Crippen LogP contribution < -0.4 is 0 Å². The van der Waals surface area contributed by atoms with Crippen LogP contribution >= 0.6 is 0 Å². The summed E-state index contributed by atoms with van der Waals surface area (Å²) in [5.41, 5.74) is 0.125. The Morgan fingerprint density at radius 2 is 0.575 bits per heavy atom. The highest BCUT2D eigenvalue weighted by atomic mass is 16.8. The van der Waals surface area contributed by atoms with E-state index in [2.05, 4.69) is 0 Å². The van der Waals surface area contributed by atoms with Gasteiger partial charge in [0, 0.05) is 0 Å². The summed E-state index contributed by atoms with van der Waals surface area (Å²) in [6.45, 7) is -2.69. The van der Waals surface area contributed by atoms with Crippen LogP contribution in [-0.2, 0) is 52.1 Å². The number of hydrogen-bond acceptors (Lipinski definition) is 19. The first-order valence-electron chi connectivity index (χ1n) is 27.4. The molecule has 0 aliphatic carbocycles. The van der Waals surface area contributed by atoms with Crippen LogP contribution in [0.5, 0.6) is 0 Å². The summed E-state index contributed by atoms with van der Waals surface area (Å²) in [6.07, 6.45) is -15.7. The molecule has 19 nitrogen and oxygen atoms in total.